The van der Waals surface area contributed by atoms with Gasteiger partial charge in [-0.1, -0.05) is 27.7 Å². The summed E-state index contributed by atoms with van der Waals surface area (Å²) in [4.78, 5) is 0. The van der Waals surface area contributed by atoms with Crippen molar-refractivity contribution in [2.45, 2.75) is 115 Å². The molecule has 6 aliphatic rings. The second-order valence-electron chi connectivity index (χ2n) is 14.6. The fraction of sp³-hybridized carbons (Fsp3) is 1.00. The lowest BCUT2D eigenvalue weighted by atomic mass is 9.43. The zero-order valence-corrected chi connectivity index (χ0v) is 22.2. The standard InChI is InChI=1S/C28H45F3N2O3/c1-15-11-16(12-33-14-27(29,30)31)36-21-20(15)24(4)9-10-26-13-25(26)8-7-19(34)23(2,3)17(25)5-6-18(26)28(24,32)22(21)35/h15-22,33-35H,5-14,32H2,1-4H3/t15-,16?,17+,18?,19+,20+,21?,22+,24?,25?,26+,28+/m1/s1. The van der Waals surface area contributed by atoms with E-state index in [-0.39, 0.29) is 58.2 Å². The van der Waals surface area contributed by atoms with E-state index in [9.17, 15) is 23.4 Å². The molecule has 0 aromatic carbocycles. The molecule has 1 heterocycles. The lowest BCUT2D eigenvalue weighted by Crippen LogP contribution is -2.70. The van der Waals surface area contributed by atoms with Gasteiger partial charge in [-0.2, -0.15) is 13.2 Å². The van der Waals surface area contributed by atoms with Gasteiger partial charge in [0.15, 0.2) is 0 Å². The third kappa shape index (κ3) is 3.03. The number of ether oxygens (including phenoxy) is 1. The fourth-order valence-corrected chi connectivity index (χ4v) is 11.5. The van der Waals surface area contributed by atoms with Crippen LogP contribution in [0, 0.1) is 45.3 Å². The number of hydrogen-bond donors (Lipinski definition) is 4. The van der Waals surface area contributed by atoms with Crippen LogP contribution in [0.2, 0.25) is 0 Å². The van der Waals surface area contributed by atoms with Gasteiger partial charge in [-0.3, -0.25) is 0 Å². The van der Waals surface area contributed by atoms with Gasteiger partial charge in [0.25, 0.3) is 0 Å². The Bertz CT molecular complexity index is 915. The highest BCUT2D eigenvalue weighted by atomic mass is 19.4. The first kappa shape index (κ1) is 25.8. The highest BCUT2D eigenvalue weighted by molar-refractivity contribution is 5.35. The molecule has 12 atom stereocenters. The normalized spacial score (nSPS) is 57.2. The molecule has 8 heteroatoms. The van der Waals surface area contributed by atoms with E-state index in [1.54, 1.807) is 0 Å². The summed E-state index contributed by atoms with van der Waals surface area (Å²) in [5, 5.41) is 25.3. The van der Waals surface area contributed by atoms with Gasteiger partial charge in [0.05, 0.1) is 36.5 Å². The molecule has 6 fully saturated rings. The number of halogens is 3. The van der Waals surface area contributed by atoms with Crippen LogP contribution in [0.1, 0.15) is 79.1 Å². The van der Waals surface area contributed by atoms with Gasteiger partial charge in [-0.25, -0.2) is 0 Å². The second kappa shape index (κ2) is 7.61. The molecule has 1 aliphatic heterocycles. The minimum absolute atomic E-state index is 0.103. The summed E-state index contributed by atoms with van der Waals surface area (Å²) in [5.74, 6) is 1.02. The van der Waals surface area contributed by atoms with Gasteiger partial charge >= 0.3 is 6.18 Å². The van der Waals surface area contributed by atoms with Crippen molar-refractivity contribution in [3.63, 3.8) is 0 Å². The zero-order chi connectivity index (χ0) is 26.1. The molecule has 206 valence electrons. The van der Waals surface area contributed by atoms with Gasteiger partial charge < -0.3 is 26.0 Å². The third-order valence-electron chi connectivity index (χ3n) is 13.0. The topological polar surface area (TPSA) is 87.7 Å². The number of hydrogen-bond acceptors (Lipinski definition) is 5. The largest absolute Gasteiger partial charge is 0.401 e. The average molecular weight is 515 g/mol. The number of nitrogens with two attached hydrogens (primary N) is 1. The first-order chi connectivity index (χ1) is 16.6. The maximum atomic E-state index is 12.7. The summed E-state index contributed by atoms with van der Waals surface area (Å²) in [7, 11) is 0. The van der Waals surface area contributed by atoms with E-state index >= 15 is 0 Å². The van der Waals surface area contributed by atoms with E-state index in [0.717, 1.165) is 44.9 Å². The van der Waals surface area contributed by atoms with Crippen molar-refractivity contribution >= 4 is 0 Å². The van der Waals surface area contributed by atoms with Crippen LogP contribution in [0.25, 0.3) is 0 Å². The smallest absolute Gasteiger partial charge is 0.393 e. The van der Waals surface area contributed by atoms with E-state index in [0.29, 0.717) is 12.3 Å². The third-order valence-corrected chi connectivity index (χ3v) is 13.0. The van der Waals surface area contributed by atoms with Gasteiger partial charge in [-0.15, -0.1) is 0 Å². The Labute approximate surface area is 213 Å². The molecule has 5 nitrogen and oxygen atoms in total. The first-order valence-electron chi connectivity index (χ1n) is 14.2. The molecule has 0 aromatic heterocycles. The zero-order valence-electron chi connectivity index (χ0n) is 22.2. The minimum Gasteiger partial charge on any atom is -0.393 e. The monoisotopic (exact) mass is 514 g/mol. The van der Waals surface area contributed by atoms with Crippen LogP contribution in [0.15, 0.2) is 0 Å². The van der Waals surface area contributed by atoms with Crippen LogP contribution < -0.4 is 11.1 Å². The highest BCUT2D eigenvalue weighted by Gasteiger charge is 2.85. The van der Waals surface area contributed by atoms with E-state index < -0.39 is 30.5 Å². The first-order valence-corrected chi connectivity index (χ1v) is 14.2. The Hall–Kier alpha value is -0.410. The Balaban J connectivity index is 1.28. The number of alkyl halides is 3. The van der Waals surface area contributed by atoms with Crippen molar-refractivity contribution in [3.05, 3.63) is 0 Å². The van der Waals surface area contributed by atoms with Crippen molar-refractivity contribution in [3.8, 4) is 0 Å². The van der Waals surface area contributed by atoms with Crippen LogP contribution in [0.3, 0.4) is 0 Å². The summed E-state index contributed by atoms with van der Waals surface area (Å²) in [6.07, 6.45) is 1.68. The molecule has 5 N–H and O–H groups in total. The van der Waals surface area contributed by atoms with Crippen LogP contribution in [-0.2, 0) is 4.74 Å². The summed E-state index contributed by atoms with van der Waals surface area (Å²) in [6, 6.07) is 0. The molecule has 5 unspecified atom stereocenters. The number of aliphatic hydroxyl groups is 2. The number of fused-ring (bicyclic) bond motifs is 4. The molecule has 0 radical (unpaired) electrons. The summed E-state index contributed by atoms with van der Waals surface area (Å²) in [6.45, 7) is 8.01. The molecular weight excluding hydrogens is 469 g/mol. The molecule has 36 heavy (non-hydrogen) atoms. The fourth-order valence-electron chi connectivity index (χ4n) is 11.5. The van der Waals surface area contributed by atoms with Crippen LogP contribution in [0.4, 0.5) is 13.2 Å². The maximum absolute atomic E-state index is 12.7. The number of nitrogens with one attached hydrogen (secondary N) is 1. The molecule has 5 aliphatic carbocycles. The van der Waals surface area contributed by atoms with E-state index in [1.807, 2.05) is 0 Å². The van der Waals surface area contributed by atoms with Gasteiger partial charge in [-0.05, 0) is 96.7 Å². The second-order valence-corrected chi connectivity index (χ2v) is 14.6. The molecule has 5 saturated carbocycles. The van der Waals surface area contributed by atoms with Crippen molar-refractivity contribution in [2.75, 3.05) is 13.1 Å². The molecule has 6 rings (SSSR count). The van der Waals surface area contributed by atoms with Gasteiger partial charge in [0.2, 0.25) is 0 Å². The molecule has 0 amide bonds. The molecule has 0 aromatic rings. The predicted octanol–water partition coefficient (Wildman–Crippen LogP) is 4.00. The van der Waals surface area contributed by atoms with E-state index in [2.05, 4.69) is 33.0 Å². The Kier molecular flexibility index (Phi) is 5.47. The van der Waals surface area contributed by atoms with Crippen LogP contribution in [0.5, 0.6) is 0 Å². The van der Waals surface area contributed by atoms with Crippen molar-refractivity contribution < 1.29 is 28.1 Å². The maximum Gasteiger partial charge on any atom is 0.401 e. The van der Waals surface area contributed by atoms with Crippen LogP contribution in [-0.4, -0.2) is 59.4 Å². The quantitative estimate of drug-likeness (QED) is 0.457. The number of aliphatic hydroxyl groups excluding tert-OH is 2. The summed E-state index contributed by atoms with van der Waals surface area (Å²) < 4.78 is 44.4. The Morgan fingerprint density at radius 2 is 1.67 bits per heavy atom. The molecular formula is C28H45F3N2O3. The lowest BCUT2D eigenvalue weighted by molar-refractivity contribution is -0.152. The van der Waals surface area contributed by atoms with Gasteiger partial charge in [0, 0.05) is 6.54 Å². The summed E-state index contributed by atoms with van der Waals surface area (Å²) in [5.41, 5.74) is 6.72. The highest BCUT2D eigenvalue weighted by Crippen LogP contribution is 2.87. The van der Waals surface area contributed by atoms with Crippen molar-refractivity contribution in [2.24, 2.45) is 51.1 Å². The van der Waals surface area contributed by atoms with E-state index in [4.69, 9.17) is 10.5 Å². The Morgan fingerprint density at radius 3 is 2.36 bits per heavy atom. The van der Waals surface area contributed by atoms with E-state index in [1.165, 1.54) is 0 Å². The molecule has 1 saturated heterocycles. The Morgan fingerprint density at radius 1 is 1.00 bits per heavy atom. The van der Waals surface area contributed by atoms with Gasteiger partial charge in [0.1, 0.15) is 0 Å². The van der Waals surface area contributed by atoms with Crippen molar-refractivity contribution in [1.82, 2.24) is 5.32 Å². The number of rotatable bonds is 3. The predicted molar refractivity (Wildman–Crippen MR) is 130 cm³/mol. The lowest BCUT2D eigenvalue weighted by Gasteiger charge is -2.63. The molecule has 2 spiro atoms. The van der Waals surface area contributed by atoms with Crippen LogP contribution >= 0.6 is 0 Å². The SMILES string of the molecule is C[C@@H]1CC(CNCC(F)(F)F)OC2[C@H]1C1(C)CC[C@@]34CC35CC[C@H](O)C(C)(C)[C@@H]5CCC4[C@]1(N)[C@H]2O. The average Bonchev–Trinajstić information content (AvgIpc) is 3.41. The summed E-state index contributed by atoms with van der Waals surface area (Å²) >= 11 is 0. The van der Waals surface area contributed by atoms with Crippen molar-refractivity contribution in [1.29, 1.82) is 0 Å². The molecule has 0 bridgehead atoms. The minimum atomic E-state index is -4.25.